The number of nitro groups is 1. The molecule has 0 aromatic heterocycles. The molecule has 0 fully saturated rings. The van der Waals surface area contributed by atoms with Crippen LogP contribution < -0.4 is 0 Å². The van der Waals surface area contributed by atoms with E-state index in [2.05, 4.69) is 9.44 Å². The molecule has 0 N–H and O–H groups in total. The molecule has 0 bridgehead atoms. The number of nitro benzene ring substituents is 1. The molecule has 0 saturated carbocycles. The highest BCUT2D eigenvalue weighted by atomic mass is 32.2. The maximum atomic E-state index is 13.2. The minimum atomic E-state index is -6.11. The van der Waals surface area contributed by atoms with Crippen molar-refractivity contribution < 1.29 is 35.6 Å². The van der Waals surface area contributed by atoms with Gasteiger partial charge in [-0.1, -0.05) is 53.7 Å². The van der Waals surface area contributed by atoms with Crippen LogP contribution in [0.25, 0.3) is 10.8 Å². The van der Waals surface area contributed by atoms with E-state index in [1.54, 1.807) is 6.07 Å². The van der Waals surface area contributed by atoms with Crippen LogP contribution in [0.2, 0.25) is 0 Å². The van der Waals surface area contributed by atoms with Gasteiger partial charge in [-0.25, -0.2) is 0 Å². The zero-order valence-corrected chi connectivity index (χ0v) is 16.1. The van der Waals surface area contributed by atoms with Crippen LogP contribution in [0, 0.1) is 10.1 Å². The number of hydrogen-bond donors (Lipinski definition) is 0. The third kappa shape index (κ3) is 4.38. The van der Waals surface area contributed by atoms with Crippen molar-refractivity contribution >= 4 is 38.1 Å². The van der Waals surface area contributed by atoms with Crippen LogP contribution in [-0.2, 0) is 14.4 Å². The Labute approximate surface area is 172 Å². The summed E-state index contributed by atoms with van der Waals surface area (Å²) in [6.45, 7) is 0. The Bertz CT molecular complexity index is 1310. The number of ketones is 1. The van der Waals surface area contributed by atoms with E-state index in [1.165, 1.54) is 48.5 Å². The molecule has 0 unspecified atom stereocenters. The van der Waals surface area contributed by atoms with Crippen LogP contribution in [-0.4, -0.2) is 30.3 Å². The van der Waals surface area contributed by atoms with Gasteiger partial charge in [0.1, 0.15) is 0 Å². The monoisotopic (exact) mass is 452 g/mol. The molecule has 0 aliphatic carbocycles. The van der Waals surface area contributed by atoms with Gasteiger partial charge in [0.15, 0.2) is 5.71 Å². The first-order valence-electron chi connectivity index (χ1n) is 8.37. The van der Waals surface area contributed by atoms with Crippen LogP contribution >= 0.6 is 0 Å². The molecule has 31 heavy (non-hydrogen) atoms. The molecule has 0 saturated heterocycles. The fraction of sp³-hybridized carbons (Fsp3) is 0.0526. The molecule has 0 radical (unpaired) electrons. The SMILES string of the molecule is O=C(/C(=N/OS(=O)(=O)C(F)(F)F)c1ccccc1)c1ccc([N+](=O)[O-])c2ccccc12. The second-order valence-corrected chi connectivity index (χ2v) is 7.56. The van der Waals surface area contributed by atoms with Crippen molar-refractivity contribution in [2.24, 2.45) is 5.16 Å². The summed E-state index contributed by atoms with van der Waals surface area (Å²) in [4.78, 5) is 23.8. The number of benzene rings is 3. The first-order valence-corrected chi connectivity index (χ1v) is 9.78. The van der Waals surface area contributed by atoms with Gasteiger partial charge in [-0.15, -0.1) is 0 Å². The smallest absolute Gasteiger partial charge is 0.287 e. The minimum Gasteiger partial charge on any atom is -0.287 e. The molecule has 0 spiro atoms. The first kappa shape index (κ1) is 21.9. The third-order valence-corrected chi connectivity index (χ3v) is 4.95. The quantitative estimate of drug-likeness (QED) is 0.182. The summed E-state index contributed by atoms with van der Waals surface area (Å²) in [7, 11) is -6.11. The summed E-state index contributed by atoms with van der Waals surface area (Å²) in [5.74, 6) is -0.991. The highest BCUT2D eigenvalue weighted by molar-refractivity contribution is 7.87. The van der Waals surface area contributed by atoms with Gasteiger partial charge in [-0.2, -0.15) is 21.6 Å². The van der Waals surface area contributed by atoms with Crippen LogP contribution in [0.15, 0.2) is 71.9 Å². The van der Waals surface area contributed by atoms with Gasteiger partial charge in [0.2, 0.25) is 5.78 Å². The van der Waals surface area contributed by atoms with Gasteiger partial charge in [0.05, 0.1) is 10.3 Å². The van der Waals surface area contributed by atoms with E-state index in [1.807, 2.05) is 0 Å². The van der Waals surface area contributed by atoms with Crippen molar-refractivity contribution in [3.05, 3.63) is 88.0 Å². The molecule has 0 atom stereocenters. The molecule has 12 heteroatoms. The van der Waals surface area contributed by atoms with Gasteiger partial charge in [-0.3, -0.25) is 19.2 Å². The van der Waals surface area contributed by atoms with E-state index in [-0.39, 0.29) is 27.6 Å². The molecule has 160 valence electrons. The van der Waals surface area contributed by atoms with Crippen molar-refractivity contribution in [2.75, 3.05) is 0 Å². The Balaban J connectivity index is 2.18. The lowest BCUT2D eigenvalue weighted by Gasteiger charge is -2.10. The summed E-state index contributed by atoms with van der Waals surface area (Å²) < 4.78 is 64.0. The predicted octanol–water partition coefficient (Wildman–Crippen LogP) is 4.20. The minimum absolute atomic E-state index is 0.0210. The number of nitrogens with zero attached hydrogens (tertiary/aromatic N) is 2. The van der Waals surface area contributed by atoms with Gasteiger partial charge in [0, 0.05) is 17.2 Å². The number of halogens is 3. The zero-order chi connectivity index (χ0) is 22.8. The topological polar surface area (TPSA) is 116 Å². The van der Waals surface area contributed by atoms with Crippen molar-refractivity contribution in [3.63, 3.8) is 0 Å². The number of alkyl halides is 3. The lowest BCUT2D eigenvalue weighted by Crippen LogP contribution is -2.25. The average molecular weight is 452 g/mol. The number of hydrogen-bond acceptors (Lipinski definition) is 7. The highest BCUT2D eigenvalue weighted by Crippen LogP contribution is 2.30. The van der Waals surface area contributed by atoms with Crippen LogP contribution in [0.4, 0.5) is 18.9 Å². The second-order valence-electron chi connectivity index (χ2n) is 6.04. The van der Waals surface area contributed by atoms with Crippen LogP contribution in [0.3, 0.4) is 0 Å². The number of oxime groups is 1. The van der Waals surface area contributed by atoms with E-state index >= 15 is 0 Å². The Morgan fingerprint density at radius 1 is 0.935 bits per heavy atom. The Morgan fingerprint density at radius 3 is 2.10 bits per heavy atom. The summed E-state index contributed by atoms with van der Waals surface area (Å²) >= 11 is 0. The molecule has 3 aromatic rings. The molecule has 0 aliphatic rings. The largest absolute Gasteiger partial charge is 0.536 e. The van der Waals surface area contributed by atoms with Gasteiger partial charge >= 0.3 is 15.6 Å². The van der Waals surface area contributed by atoms with E-state index in [0.717, 1.165) is 12.1 Å². The molecular weight excluding hydrogens is 441 g/mol. The number of fused-ring (bicyclic) bond motifs is 1. The fourth-order valence-electron chi connectivity index (χ4n) is 2.72. The lowest BCUT2D eigenvalue weighted by atomic mass is 9.95. The molecule has 0 aliphatic heterocycles. The third-order valence-electron chi connectivity index (χ3n) is 4.11. The first-order chi connectivity index (χ1) is 14.5. The maximum absolute atomic E-state index is 13.2. The number of carbonyl (C=O) groups excluding carboxylic acids is 1. The van der Waals surface area contributed by atoms with E-state index in [9.17, 15) is 36.5 Å². The Kier molecular flexibility index (Phi) is 5.75. The number of carbonyl (C=O) groups is 1. The molecule has 8 nitrogen and oxygen atoms in total. The van der Waals surface area contributed by atoms with Crippen molar-refractivity contribution in [2.45, 2.75) is 5.51 Å². The fourth-order valence-corrected chi connectivity index (χ4v) is 2.97. The van der Waals surface area contributed by atoms with Crippen molar-refractivity contribution in [1.29, 1.82) is 0 Å². The van der Waals surface area contributed by atoms with Gasteiger partial charge < -0.3 is 0 Å². The van der Waals surface area contributed by atoms with Crippen molar-refractivity contribution in [3.8, 4) is 0 Å². The molecule has 0 heterocycles. The molecule has 3 rings (SSSR count). The molecular formula is C19H11F3N2O6S. The number of non-ortho nitro benzene ring substituents is 1. The average Bonchev–Trinajstić information content (AvgIpc) is 2.72. The van der Waals surface area contributed by atoms with Crippen LogP contribution in [0.5, 0.6) is 0 Å². The molecule has 0 amide bonds. The number of Topliss-reactive ketones (excluding diaryl/α,β-unsaturated/α-hetero) is 1. The maximum Gasteiger partial charge on any atom is 0.536 e. The van der Waals surface area contributed by atoms with Crippen molar-refractivity contribution in [1.82, 2.24) is 0 Å². The van der Waals surface area contributed by atoms with Gasteiger partial charge in [-0.05, 0) is 17.5 Å². The van der Waals surface area contributed by atoms with Crippen LogP contribution in [0.1, 0.15) is 15.9 Å². The van der Waals surface area contributed by atoms with E-state index in [4.69, 9.17) is 0 Å². The van der Waals surface area contributed by atoms with E-state index in [0.29, 0.717) is 0 Å². The van der Waals surface area contributed by atoms with Gasteiger partial charge in [0.25, 0.3) is 5.69 Å². The summed E-state index contributed by atoms with van der Waals surface area (Å²) in [6, 6.07) is 15.1. The molecule has 3 aromatic carbocycles. The van der Waals surface area contributed by atoms with E-state index < -0.39 is 32.0 Å². The second kappa shape index (κ2) is 8.14. The Hall–Kier alpha value is -3.80. The Morgan fingerprint density at radius 2 is 1.52 bits per heavy atom. The summed E-state index contributed by atoms with van der Waals surface area (Å²) in [5, 5.41) is 14.5. The zero-order valence-electron chi connectivity index (χ0n) is 15.2. The predicted molar refractivity (Wildman–Crippen MR) is 104 cm³/mol. The summed E-state index contributed by atoms with van der Waals surface area (Å²) in [5.41, 5.74) is -6.93. The highest BCUT2D eigenvalue weighted by Gasteiger charge is 2.49. The number of rotatable bonds is 6. The standard InChI is InChI=1S/C19H11F3N2O6S/c20-19(21,22)31(28,29)30-23-17(12-6-2-1-3-7-12)18(25)15-10-11-16(24(26)27)14-9-5-4-8-13(14)15/h1-11H/b23-17+. The normalized spacial score (nSPS) is 12.5. The summed E-state index contributed by atoms with van der Waals surface area (Å²) in [6.07, 6.45) is 0. The lowest BCUT2D eigenvalue weighted by molar-refractivity contribution is -0.383.